The van der Waals surface area contributed by atoms with Gasteiger partial charge in [0.15, 0.2) is 0 Å². The average molecular weight is 323 g/mol. The normalized spacial score (nSPS) is 11.6. The van der Waals surface area contributed by atoms with Crippen molar-refractivity contribution in [1.82, 2.24) is 4.31 Å². The third-order valence-electron chi connectivity index (χ3n) is 3.26. The summed E-state index contributed by atoms with van der Waals surface area (Å²) < 4.78 is 36.3. The minimum absolute atomic E-state index is 0.0736. The Morgan fingerprint density at radius 3 is 2.64 bits per heavy atom. The Morgan fingerprint density at radius 1 is 1.32 bits per heavy atom. The Balaban J connectivity index is 2.37. The van der Waals surface area contributed by atoms with E-state index in [2.05, 4.69) is 4.74 Å². The topological polar surface area (TPSA) is 76.8 Å². The van der Waals surface area contributed by atoms with Crippen LogP contribution in [0.4, 0.5) is 0 Å². The summed E-state index contributed by atoms with van der Waals surface area (Å²) in [6.45, 7) is 1.78. The molecule has 0 saturated heterocycles. The van der Waals surface area contributed by atoms with Crippen molar-refractivity contribution in [3.05, 3.63) is 53.5 Å². The van der Waals surface area contributed by atoms with Crippen LogP contribution in [0.5, 0.6) is 0 Å². The number of methoxy groups -OCH3 is 1. The van der Waals surface area contributed by atoms with E-state index in [1.165, 1.54) is 36.9 Å². The van der Waals surface area contributed by atoms with Gasteiger partial charge in [0.2, 0.25) is 10.0 Å². The summed E-state index contributed by atoms with van der Waals surface area (Å²) >= 11 is 0. The molecule has 0 fully saturated rings. The van der Waals surface area contributed by atoms with E-state index in [4.69, 9.17) is 4.42 Å². The van der Waals surface area contributed by atoms with E-state index in [0.29, 0.717) is 11.3 Å². The van der Waals surface area contributed by atoms with E-state index in [9.17, 15) is 13.2 Å². The highest BCUT2D eigenvalue weighted by Gasteiger charge is 2.25. The van der Waals surface area contributed by atoms with Crippen molar-refractivity contribution in [2.75, 3.05) is 14.2 Å². The number of benzene rings is 1. The van der Waals surface area contributed by atoms with Crippen molar-refractivity contribution < 1.29 is 22.4 Å². The van der Waals surface area contributed by atoms with E-state index in [1.807, 2.05) is 0 Å². The molecule has 0 spiro atoms. The number of furan rings is 1. The zero-order valence-electron chi connectivity index (χ0n) is 12.6. The predicted molar refractivity (Wildman–Crippen MR) is 79.9 cm³/mol. The lowest BCUT2D eigenvalue weighted by Gasteiger charge is -2.18. The van der Waals surface area contributed by atoms with E-state index >= 15 is 0 Å². The van der Waals surface area contributed by atoms with E-state index in [1.54, 1.807) is 25.1 Å². The molecule has 0 aliphatic heterocycles. The molecule has 0 aliphatic rings. The van der Waals surface area contributed by atoms with Gasteiger partial charge in [-0.05, 0) is 36.8 Å². The van der Waals surface area contributed by atoms with Crippen molar-refractivity contribution in [3.63, 3.8) is 0 Å². The fourth-order valence-electron chi connectivity index (χ4n) is 2.00. The van der Waals surface area contributed by atoms with Crippen LogP contribution < -0.4 is 0 Å². The van der Waals surface area contributed by atoms with Crippen molar-refractivity contribution in [2.45, 2.75) is 18.4 Å². The number of sulfonamides is 1. The molecule has 0 atom stereocenters. The number of hydrogen-bond acceptors (Lipinski definition) is 5. The molecular formula is C15H17NO5S. The number of aryl methyl sites for hydroxylation is 1. The summed E-state index contributed by atoms with van der Waals surface area (Å²) in [6.07, 6.45) is 1.49. The molecule has 0 amide bonds. The molecule has 2 aromatic rings. The Hall–Kier alpha value is -2.12. The van der Waals surface area contributed by atoms with Gasteiger partial charge < -0.3 is 9.15 Å². The van der Waals surface area contributed by atoms with Crippen LogP contribution >= 0.6 is 0 Å². The predicted octanol–water partition coefficient (Wildman–Crippen LogP) is 2.20. The second-order valence-corrected chi connectivity index (χ2v) is 6.83. The van der Waals surface area contributed by atoms with Crippen LogP contribution in [0.3, 0.4) is 0 Å². The molecule has 22 heavy (non-hydrogen) atoms. The number of carbonyl (C=O) groups excluding carboxylic acids is 1. The van der Waals surface area contributed by atoms with Crippen LogP contribution in [0.25, 0.3) is 0 Å². The van der Waals surface area contributed by atoms with Crippen LogP contribution in [0.2, 0.25) is 0 Å². The molecule has 0 saturated carbocycles. The minimum Gasteiger partial charge on any atom is -0.468 e. The van der Waals surface area contributed by atoms with Gasteiger partial charge in [-0.3, -0.25) is 0 Å². The first kappa shape index (κ1) is 16.3. The molecule has 0 radical (unpaired) electrons. The SMILES string of the molecule is COC(=O)c1ccc(C)c(S(=O)(=O)N(C)Cc2ccco2)c1. The third kappa shape index (κ3) is 3.20. The van der Waals surface area contributed by atoms with Crippen LogP contribution in [-0.2, 0) is 21.3 Å². The van der Waals surface area contributed by atoms with Crippen LogP contribution in [0.1, 0.15) is 21.7 Å². The highest BCUT2D eigenvalue weighted by Crippen LogP contribution is 2.22. The zero-order chi connectivity index (χ0) is 16.3. The Bertz CT molecular complexity index is 765. The minimum atomic E-state index is -3.74. The first-order chi connectivity index (χ1) is 10.4. The van der Waals surface area contributed by atoms with Crippen molar-refractivity contribution in [3.8, 4) is 0 Å². The lowest BCUT2D eigenvalue weighted by molar-refractivity contribution is 0.0600. The first-order valence-electron chi connectivity index (χ1n) is 6.54. The standard InChI is InChI=1S/C15H17NO5S/c1-11-6-7-12(15(17)20-3)9-14(11)22(18,19)16(2)10-13-5-4-8-21-13/h4-9H,10H2,1-3H3. The molecular weight excluding hydrogens is 306 g/mol. The van der Waals surface area contributed by atoms with Gasteiger partial charge in [-0.25, -0.2) is 13.2 Å². The van der Waals surface area contributed by atoms with Gasteiger partial charge >= 0.3 is 5.97 Å². The Labute approximate surface area is 129 Å². The molecule has 6 nitrogen and oxygen atoms in total. The van der Waals surface area contributed by atoms with E-state index < -0.39 is 16.0 Å². The van der Waals surface area contributed by atoms with Gasteiger partial charge in [0.1, 0.15) is 5.76 Å². The second kappa shape index (κ2) is 6.33. The van der Waals surface area contributed by atoms with E-state index in [-0.39, 0.29) is 17.0 Å². The maximum absolute atomic E-state index is 12.7. The first-order valence-corrected chi connectivity index (χ1v) is 7.98. The maximum atomic E-state index is 12.7. The number of carbonyl (C=O) groups is 1. The molecule has 118 valence electrons. The summed E-state index contributed by atoms with van der Waals surface area (Å²) in [4.78, 5) is 11.7. The van der Waals surface area contributed by atoms with Gasteiger partial charge in [-0.2, -0.15) is 4.31 Å². The monoisotopic (exact) mass is 323 g/mol. The van der Waals surface area contributed by atoms with Crippen LogP contribution in [0.15, 0.2) is 45.9 Å². The third-order valence-corrected chi connectivity index (χ3v) is 5.20. The van der Waals surface area contributed by atoms with Crippen molar-refractivity contribution in [2.24, 2.45) is 0 Å². The van der Waals surface area contributed by atoms with Crippen LogP contribution in [-0.4, -0.2) is 32.8 Å². The summed E-state index contributed by atoms with van der Waals surface area (Å²) in [6, 6.07) is 7.84. The molecule has 0 aliphatic carbocycles. The van der Waals surface area contributed by atoms with Crippen molar-refractivity contribution in [1.29, 1.82) is 0 Å². The molecule has 7 heteroatoms. The Kier molecular flexibility index (Phi) is 4.68. The number of rotatable bonds is 5. The summed E-state index contributed by atoms with van der Waals surface area (Å²) in [5.41, 5.74) is 0.747. The maximum Gasteiger partial charge on any atom is 0.337 e. The fraction of sp³-hybridized carbons (Fsp3) is 0.267. The highest BCUT2D eigenvalue weighted by atomic mass is 32.2. The second-order valence-electron chi connectivity index (χ2n) is 4.81. The lowest BCUT2D eigenvalue weighted by atomic mass is 10.1. The highest BCUT2D eigenvalue weighted by molar-refractivity contribution is 7.89. The average Bonchev–Trinajstić information content (AvgIpc) is 2.99. The van der Waals surface area contributed by atoms with Gasteiger partial charge in [-0.15, -0.1) is 0 Å². The molecule has 0 unspecified atom stereocenters. The van der Waals surface area contributed by atoms with Crippen LogP contribution in [0, 0.1) is 6.92 Å². The number of hydrogen-bond donors (Lipinski definition) is 0. The smallest absolute Gasteiger partial charge is 0.337 e. The van der Waals surface area contributed by atoms with Gasteiger partial charge in [0, 0.05) is 7.05 Å². The number of nitrogens with zero attached hydrogens (tertiary/aromatic N) is 1. The zero-order valence-corrected chi connectivity index (χ0v) is 13.4. The number of esters is 1. The van der Waals surface area contributed by atoms with E-state index in [0.717, 1.165) is 0 Å². The molecule has 1 aromatic carbocycles. The quantitative estimate of drug-likeness (QED) is 0.788. The number of ether oxygens (including phenoxy) is 1. The molecule has 0 bridgehead atoms. The van der Waals surface area contributed by atoms with Gasteiger partial charge in [0.25, 0.3) is 0 Å². The molecule has 1 heterocycles. The van der Waals surface area contributed by atoms with Gasteiger partial charge in [0.05, 0.1) is 30.4 Å². The van der Waals surface area contributed by atoms with Gasteiger partial charge in [-0.1, -0.05) is 6.07 Å². The summed E-state index contributed by atoms with van der Waals surface area (Å²) in [7, 11) is -1.03. The largest absolute Gasteiger partial charge is 0.468 e. The summed E-state index contributed by atoms with van der Waals surface area (Å²) in [5, 5.41) is 0. The molecule has 0 N–H and O–H groups in total. The summed E-state index contributed by atoms with van der Waals surface area (Å²) in [5.74, 6) is -0.0435. The van der Waals surface area contributed by atoms with Crippen molar-refractivity contribution >= 4 is 16.0 Å². The molecule has 2 rings (SSSR count). The molecule has 1 aromatic heterocycles. The lowest BCUT2D eigenvalue weighted by Crippen LogP contribution is -2.27. The Morgan fingerprint density at radius 2 is 2.05 bits per heavy atom. The fourth-order valence-corrected chi connectivity index (χ4v) is 3.38.